The molecule has 0 aliphatic heterocycles. The number of benzene rings is 2. The number of nitro groups is 1. The second kappa shape index (κ2) is 6.04. The molecule has 0 aliphatic carbocycles. The molecule has 6 nitrogen and oxygen atoms in total. The van der Waals surface area contributed by atoms with E-state index in [0.29, 0.717) is 11.1 Å². The number of nitrogens with zero attached hydrogens (tertiary/aromatic N) is 1. The predicted molar refractivity (Wildman–Crippen MR) is 78.8 cm³/mol. The third kappa shape index (κ3) is 3.36. The van der Waals surface area contributed by atoms with Crippen molar-refractivity contribution in [1.29, 1.82) is 0 Å². The number of carbonyl (C=O) groups is 1. The number of primary amides is 1. The van der Waals surface area contributed by atoms with Crippen molar-refractivity contribution < 1.29 is 9.72 Å². The first-order chi connectivity index (χ1) is 9.99. The number of urea groups is 1. The molecule has 0 aromatic heterocycles. The van der Waals surface area contributed by atoms with Crippen LogP contribution < -0.4 is 11.1 Å². The highest BCUT2D eigenvalue weighted by atomic mass is 16.6. The fraction of sp³-hybridized carbons (Fsp3) is 0.133. The molecule has 2 amide bonds. The van der Waals surface area contributed by atoms with Gasteiger partial charge in [-0.25, -0.2) is 4.79 Å². The van der Waals surface area contributed by atoms with E-state index in [1.807, 2.05) is 30.3 Å². The standard InChI is InChI=1S/C15H15N3O3/c1-10-7-8-12(9-13(10)18(20)21)14(17-15(16)19)11-5-3-2-4-6-11/h2-9,14H,1H3,(H3,16,17,19). The van der Waals surface area contributed by atoms with E-state index >= 15 is 0 Å². The molecule has 2 rings (SSSR count). The Labute approximate surface area is 121 Å². The molecule has 0 radical (unpaired) electrons. The first kappa shape index (κ1) is 14.5. The van der Waals surface area contributed by atoms with Gasteiger partial charge in [0.25, 0.3) is 5.69 Å². The van der Waals surface area contributed by atoms with Gasteiger partial charge < -0.3 is 11.1 Å². The van der Waals surface area contributed by atoms with Crippen LogP contribution in [0.1, 0.15) is 22.7 Å². The Kier molecular flexibility index (Phi) is 4.18. The van der Waals surface area contributed by atoms with Crippen molar-refractivity contribution in [1.82, 2.24) is 5.32 Å². The lowest BCUT2D eigenvalue weighted by Crippen LogP contribution is -2.33. The van der Waals surface area contributed by atoms with Gasteiger partial charge in [-0.05, 0) is 18.1 Å². The lowest BCUT2D eigenvalue weighted by molar-refractivity contribution is -0.385. The SMILES string of the molecule is Cc1ccc(C(NC(N)=O)c2ccccc2)cc1[N+](=O)[O-]. The molecule has 3 N–H and O–H groups in total. The Balaban J connectivity index is 2.49. The van der Waals surface area contributed by atoms with Gasteiger partial charge in [0.05, 0.1) is 11.0 Å². The number of amides is 2. The summed E-state index contributed by atoms with van der Waals surface area (Å²) >= 11 is 0. The van der Waals surface area contributed by atoms with Crippen LogP contribution in [0.25, 0.3) is 0 Å². The van der Waals surface area contributed by atoms with Crippen molar-refractivity contribution in [3.05, 3.63) is 75.3 Å². The number of nitrogens with one attached hydrogen (secondary N) is 1. The molecule has 0 heterocycles. The molecule has 0 spiro atoms. The lowest BCUT2D eigenvalue weighted by atomic mass is 9.97. The molecule has 0 saturated heterocycles. The smallest absolute Gasteiger partial charge is 0.312 e. The summed E-state index contributed by atoms with van der Waals surface area (Å²) in [6.07, 6.45) is 0. The van der Waals surface area contributed by atoms with Crippen molar-refractivity contribution in [3.63, 3.8) is 0 Å². The molecule has 0 bridgehead atoms. The van der Waals surface area contributed by atoms with Crippen molar-refractivity contribution in [2.24, 2.45) is 5.73 Å². The molecular weight excluding hydrogens is 270 g/mol. The Morgan fingerprint density at radius 1 is 1.19 bits per heavy atom. The summed E-state index contributed by atoms with van der Waals surface area (Å²) in [5.74, 6) is 0. The summed E-state index contributed by atoms with van der Waals surface area (Å²) < 4.78 is 0. The van der Waals surface area contributed by atoms with E-state index in [1.165, 1.54) is 6.07 Å². The zero-order valence-corrected chi connectivity index (χ0v) is 11.4. The molecule has 21 heavy (non-hydrogen) atoms. The Bertz CT molecular complexity index is 671. The van der Waals surface area contributed by atoms with Crippen molar-refractivity contribution in [2.75, 3.05) is 0 Å². The largest absolute Gasteiger partial charge is 0.352 e. The monoisotopic (exact) mass is 285 g/mol. The molecule has 1 unspecified atom stereocenters. The number of rotatable bonds is 4. The number of aryl methyl sites for hydroxylation is 1. The fourth-order valence-corrected chi connectivity index (χ4v) is 2.15. The van der Waals surface area contributed by atoms with E-state index in [-0.39, 0.29) is 5.69 Å². The molecule has 2 aromatic carbocycles. The van der Waals surface area contributed by atoms with Crippen molar-refractivity contribution in [3.8, 4) is 0 Å². The van der Waals surface area contributed by atoms with Gasteiger partial charge in [-0.3, -0.25) is 10.1 Å². The van der Waals surface area contributed by atoms with E-state index in [0.717, 1.165) is 5.56 Å². The molecular formula is C15H15N3O3. The van der Waals surface area contributed by atoms with Gasteiger partial charge in [-0.1, -0.05) is 42.5 Å². The van der Waals surface area contributed by atoms with Gasteiger partial charge in [0.1, 0.15) is 0 Å². The summed E-state index contributed by atoms with van der Waals surface area (Å²) in [6, 6.07) is 12.8. The van der Waals surface area contributed by atoms with Gasteiger partial charge in [0.2, 0.25) is 0 Å². The molecule has 2 aromatic rings. The van der Waals surface area contributed by atoms with E-state index in [4.69, 9.17) is 5.73 Å². The highest BCUT2D eigenvalue weighted by Crippen LogP contribution is 2.27. The average Bonchev–Trinajstić information content (AvgIpc) is 2.46. The average molecular weight is 285 g/mol. The topological polar surface area (TPSA) is 98.3 Å². The third-order valence-electron chi connectivity index (χ3n) is 3.18. The normalized spacial score (nSPS) is 11.7. The van der Waals surface area contributed by atoms with Crippen LogP contribution in [0.3, 0.4) is 0 Å². The number of nitrogens with two attached hydrogens (primary N) is 1. The quantitative estimate of drug-likeness (QED) is 0.667. The second-order valence-corrected chi connectivity index (χ2v) is 4.66. The fourth-order valence-electron chi connectivity index (χ4n) is 2.15. The molecule has 0 saturated carbocycles. The minimum absolute atomic E-state index is 0.0136. The second-order valence-electron chi connectivity index (χ2n) is 4.66. The lowest BCUT2D eigenvalue weighted by Gasteiger charge is -2.18. The summed E-state index contributed by atoms with van der Waals surface area (Å²) in [4.78, 5) is 21.8. The maximum absolute atomic E-state index is 11.2. The van der Waals surface area contributed by atoms with Crippen LogP contribution in [0.4, 0.5) is 10.5 Å². The van der Waals surface area contributed by atoms with E-state index in [9.17, 15) is 14.9 Å². The maximum atomic E-state index is 11.2. The minimum Gasteiger partial charge on any atom is -0.352 e. The number of nitro benzene ring substituents is 1. The first-order valence-electron chi connectivity index (χ1n) is 6.35. The summed E-state index contributed by atoms with van der Waals surface area (Å²) in [5.41, 5.74) is 7.20. The van der Waals surface area contributed by atoms with E-state index < -0.39 is 17.0 Å². The van der Waals surface area contributed by atoms with Crippen LogP contribution in [-0.4, -0.2) is 11.0 Å². The number of hydrogen-bond acceptors (Lipinski definition) is 3. The minimum atomic E-state index is -0.688. The molecule has 0 fully saturated rings. The summed E-state index contributed by atoms with van der Waals surface area (Å²) in [6.45, 7) is 1.67. The third-order valence-corrected chi connectivity index (χ3v) is 3.18. The number of carbonyl (C=O) groups excluding carboxylic acids is 1. The summed E-state index contributed by atoms with van der Waals surface area (Å²) in [7, 11) is 0. The van der Waals surface area contributed by atoms with Crippen LogP contribution >= 0.6 is 0 Å². The molecule has 108 valence electrons. The molecule has 0 aliphatic rings. The van der Waals surface area contributed by atoms with Crippen LogP contribution in [-0.2, 0) is 0 Å². The van der Waals surface area contributed by atoms with E-state index in [2.05, 4.69) is 5.32 Å². The zero-order chi connectivity index (χ0) is 15.4. The predicted octanol–water partition coefficient (Wildman–Crippen LogP) is 2.66. The highest BCUT2D eigenvalue weighted by molar-refractivity contribution is 5.73. The van der Waals surface area contributed by atoms with Crippen LogP contribution in [0.15, 0.2) is 48.5 Å². The van der Waals surface area contributed by atoms with Gasteiger partial charge >= 0.3 is 6.03 Å². The highest BCUT2D eigenvalue weighted by Gasteiger charge is 2.19. The van der Waals surface area contributed by atoms with Gasteiger partial charge in [0.15, 0.2) is 0 Å². The maximum Gasteiger partial charge on any atom is 0.312 e. The molecule has 1 atom stereocenters. The molecule has 6 heteroatoms. The Hall–Kier alpha value is -2.89. The Morgan fingerprint density at radius 3 is 2.43 bits per heavy atom. The van der Waals surface area contributed by atoms with E-state index in [1.54, 1.807) is 19.1 Å². The van der Waals surface area contributed by atoms with Crippen LogP contribution in [0, 0.1) is 17.0 Å². The summed E-state index contributed by atoms with van der Waals surface area (Å²) in [5, 5.41) is 13.7. The Morgan fingerprint density at radius 2 is 1.86 bits per heavy atom. The van der Waals surface area contributed by atoms with Gasteiger partial charge in [-0.2, -0.15) is 0 Å². The van der Waals surface area contributed by atoms with Crippen LogP contribution in [0.2, 0.25) is 0 Å². The van der Waals surface area contributed by atoms with Crippen molar-refractivity contribution >= 4 is 11.7 Å². The van der Waals surface area contributed by atoms with Crippen LogP contribution in [0.5, 0.6) is 0 Å². The first-order valence-corrected chi connectivity index (χ1v) is 6.35. The zero-order valence-electron chi connectivity index (χ0n) is 11.4. The van der Waals surface area contributed by atoms with Crippen molar-refractivity contribution in [2.45, 2.75) is 13.0 Å². The van der Waals surface area contributed by atoms with Gasteiger partial charge in [0, 0.05) is 11.6 Å². The number of hydrogen-bond donors (Lipinski definition) is 2. The van der Waals surface area contributed by atoms with Gasteiger partial charge in [-0.15, -0.1) is 0 Å².